The molecule has 0 unspecified atom stereocenters. The van der Waals surface area contributed by atoms with E-state index in [0.717, 1.165) is 35.1 Å². The van der Waals surface area contributed by atoms with Gasteiger partial charge < -0.3 is 15.4 Å². The molecule has 1 aliphatic carbocycles. The lowest BCUT2D eigenvalue weighted by Gasteiger charge is -2.23. The summed E-state index contributed by atoms with van der Waals surface area (Å²) in [6, 6.07) is 6.67. The Hall–Kier alpha value is -4.29. The van der Waals surface area contributed by atoms with E-state index in [-0.39, 0.29) is 17.5 Å². The van der Waals surface area contributed by atoms with Gasteiger partial charge in [-0.05, 0) is 36.6 Å². The van der Waals surface area contributed by atoms with E-state index >= 15 is 4.39 Å². The largest absolute Gasteiger partial charge is 0.383 e. The molecule has 2 N–H and O–H groups in total. The molecule has 2 aliphatic rings. The van der Waals surface area contributed by atoms with E-state index < -0.39 is 5.82 Å². The molecule has 6 rings (SSSR count). The molecule has 0 saturated heterocycles. The number of amides is 1. The third-order valence-corrected chi connectivity index (χ3v) is 6.51. The molecule has 0 bridgehead atoms. The Balaban J connectivity index is 1.26. The summed E-state index contributed by atoms with van der Waals surface area (Å²) < 4.78 is 22.3. The number of rotatable bonds is 4. The summed E-state index contributed by atoms with van der Waals surface area (Å²) in [5, 5.41) is 4.80. The molecule has 8 nitrogen and oxygen atoms in total. The molecule has 3 aromatic heterocycles. The van der Waals surface area contributed by atoms with Gasteiger partial charge in [-0.2, -0.15) is 5.10 Å². The number of carbonyl (C=O) groups is 1. The zero-order valence-electron chi connectivity index (χ0n) is 19.7. The van der Waals surface area contributed by atoms with E-state index in [2.05, 4.69) is 26.9 Å². The van der Waals surface area contributed by atoms with Crippen molar-refractivity contribution in [3.8, 4) is 11.8 Å². The molecular weight excluding hydrogens is 459 g/mol. The molecule has 4 aromatic rings. The maximum atomic E-state index is 15.1. The highest BCUT2D eigenvalue weighted by atomic mass is 19.1. The fourth-order valence-electron chi connectivity index (χ4n) is 4.46. The minimum absolute atomic E-state index is 0.0222. The van der Waals surface area contributed by atoms with E-state index in [1.807, 2.05) is 25.4 Å². The number of ether oxygens (including phenoxy) is 1. The lowest BCUT2D eigenvalue weighted by molar-refractivity contribution is 0.0723. The third-order valence-electron chi connectivity index (χ3n) is 6.51. The molecule has 1 amide bonds. The molecular formula is C27H23FN6O2. The number of halogens is 1. The summed E-state index contributed by atoms with van der Waals surface area (Å²) in [5.74, 6) is 5.49. The van der Waals surface area contributed by atoms with E-state index in [1.165, 1.54) is 6.07 Å². The number of fused-ring (bicyclic) bond motifs is 3. The van der Waals surface area contributed by atoms with E-state index in [1.54, 1.807) is 28.0 Å². The fourth-order valence-corrected chi connectivity index (χ4v) is 4.46. The van der Waals surface area contributed by atoms with Gasteiger partial charge in [0.25, 0.3) is 5.91 Å². The predicted molar refractivity (Wildman–Crippen MR) is 131 cm³/mol. The van der Waals surface area contributed by atoms with Crippen molar-refractivity contribution in [1.29, 1.82) is 0 Å². The molecule has 1 fully saturated rings. The number of nitrogens with zero attached hydrogens (tertiary/aromatic N) is 5. The maximum absolute atomic E-state index is 15.1. The summed E-state index contributed by atoms with van der Waals surface area (Å²) in [5.41, 5.74) is 10.4. The lowest BCUT2D eigenvalue weighted by Crippen LogP contribution is -2.33. The van der Waals surface area contributed by atoms with E-state index in [0.29, 0.717) is 42.2 Å². The molecule has 1 aliphatic heterocycles. The lowest BCUT2D eigenvalue weighted by atomic mass is 10.0. The number of aryl methyl sites for hydroxylation is 1. The van der Waals surface area contributed by atoms with Gasteiger partial charge >= 0.3 is 0 Å². The second kappa shape index (κ2) is 8.73. The van der Waals surface area contributed by atoms with Crippen LogP contribution in [0, 0.1) is 17.7 Å². The first-order valence-electron chi connectivity index (χ1n) is 11.7. The molecule has 9 heteroatoms. The monoisotopic (exact) mass is 482 g/mol. The van der Waals surface area contributed by atoms with Crippen LogP contribution < -0.4 is 5.73 Å². The van der Waals surface area contributed by atoms with Crippen LogP contribution in [0.3, 0.4) is 0 Å². The van der Waals surface area contributed by atoms with Crippen LogP contribution in [0.2, 0.25) is 0 Å². The normalized spacial score (nSPS) is 14.4. The van der Waals surface area contributed by atoms with E-state index in [9.17, 15) is 4.79 Å². The van der Waals surface area contributed by atoms with Crippen molar-refractivity contribution in [3.05, 3.63) is 82.2 Å². The zero-order valence-corrected chi connectivity index (χ0v) is 19.7. The number of hydrogen-bond acceptors (Lipinski definition) is 6. The SMILES string of the molecule is Cn1cc(C#Cc2ccc(CN(C(=O)c3cc4c5c(c(N)nc4cc3F)COC5)C3CC3)nc2)cn1. The molecule has 0 atom stereocenters. The minimum atomic E-state index is -0.613. The molecule has 0 spiro atoms. The molecule has 4 heterocycles. The van der Waals surface area contributed by atoms with Gasteiger partial charge in [-0.15, -0.1) is 0 Å². The van der Waals surface area contributed by atoms with Gasteiger partial charge in [-0.3, -0.25) is 14.5 Å². The van der Waals surface area contributed by atoms with Gasteiger partial charge in [-0.1, -0.05) is 11.8 Å². The topological polar surface area (TPSA) is 99.2 Å². The van der Waals surface area contributed by atoms with Gasteiger partial charge in [0.05, 0.1) is 48.3 Å². The number of anilines is 1. The second-order valence-electron chi connectivity index (χ2n) is 9.15. The summed E-state index contributed by atoms with van der Waals surface area (Å²) in [7, 11) is 1.84. The molecule has 180 valence electrons. The molecule has 0 radical (unpaired) electrons. The highest BCUT2D eigenvalue weighted by Gasteiger charge is 2.35. The molecule has 36 heavy (non-hydrogen) atoms. The van der Waals surface area contributed by atoms with Gasteiger partial charge in [-0.25, -0.2) is 9.37 Å². The molecule has 1 aromatic carbocycles. The van der Waals surface area contributed by atoms with Crippen molar-refractivity contribution in [2.24, 2.45) is 7.05 Å². The van der Waals surface area contributed by atoms with Crippen molar-refractivity contribution < 1.29 is 13.9 Å². The maximum Gasteiger partial charge on any atom is 0.257 e. The first-order chi connectivity index (χ1) is 17.5. The average Bonchev–Trinajstić information content (AvgIpc) is 3.42. The minimum Gasteiger partial charge on any atom is -0.383 e. The number of hydrogen-bond donors (Lipinski definition) is 1. The summed E-state index contributed by atoms with van der Waals surface area (Å²) in [6.45, 7) is 1.02. The third kappa shape index (κ3) is 4.16. The number of pyridine rings is 2. The standard InChI is InChI=1S/C27H23FN6O2/c1-33-12-17(11-31-33)3-2-16-4-5-18(30-10-16)13-34(19-6-7-19)27(35)21-8-20-22-14-36-15-23(22)26(29)32-25(20)9-24(21)28/h4-5,8-12,19H,6-7,13-15H2,1H3,(H2,29,32). The van der Waals surface area contributed by atoms with Crippen LogP contribution in [0.15, 0.2) is 42.9 Å². The summed E-state index contributed by atoms with van der Waals surface area (Å²) >= 11 is 0. The van der Waals surface area contributed by atoms with Crippen molar-refractivity contribution in [2.45, 2.75) is 38.6 Å². The Morgan fingerprint density at radius 1 is 1.19 bits per heavy atom. The Kier molecular flexibility index (Phi) is 5.38. The number of carbonyl (C=O) groups excluding carboxylic acids is 1. The summed E-state index contributed by atoms with van der Waals surface area (Å²) in [6.07, 6.45) is 7.00. The van der Waals surface area contributed by atoms with Crippen molar-refractivity contribution in [1.82, 2.24) is 24.6 Å². The van der Waals surface area contributed by atoms with Gasteiger partial charge in [0.1, 0.15) is 11.6 Å². The van der Waals surface area contributed by atoms with Gasteiger partial charge in [0.15, 0.2) is 0 Å². The zero-order chi connectivity index (χ0) is 24.8. The van der Waals surface area contributed by atoms with Crippen LogP contribution in [0.5, 0.6) is 0 Å². The first kappa shape index (κ1) is 22.2. The van der Waals surface area contributed by atoms with Crippen molar-refractivity contribution >= 4 is 22.6 Å². The van der Waals surface area contributed by atoms with Crippen LogP contribution in [0.4, 0.5) is 10.2 Å². The Morgan fingerprint density at radius 3 is 2.72 bits per heavy atom. The van der Waals surface area contributed by atoms with Crippen molar-refractivity contribution in [2.75, 3.05) is 5.73 Å². The van der Waals surface area contributed by atoms with E-state index in [4.69, 9.17) is 10.5 Å². The number of nitrogens with two attached hydrogens (primary N) is 1. The first-order valence-corrected chi connectivity index (χ1v) is 11.7. The highest BCUT2D eigenvalue weighted by Crippen LogP contribution is 2.34. The Labute approximate surface area is 206 Å². The molecule has 1 saturated carbocycles. The van der Waals surface area contributed by atoms with Crippen LogP contribution in [-0.2, 0) is 31.5 Å². The van der Waals surface area contributed by atoms with Crippen LogP contribution >= 0.6 is 0 Å². The van der Waals surface area contributed by atoms with Crippen LogP contribution in [0.25, 0.3) is 10.9 Å². The second-order valence-corrected chi connectivity index (χ2v) is 9.15. The van der Waals surface area contributed by atoms with Gasteiger partial charge in [0.2, 0.25) is 0 Å². The number of benzene rings is 1. The Bertz CT molecular complexity index is 1560. The van der Waals surface area contributed by atoms with Crippen LogP contribution in [-0.4, -0.2) is 36.6 Å². The quantitative estimate of drug-likeness (QED) is 0.448. The fraction of sp³-hybridized carbons (Fsp3) is 0.259. The highest BCUT2D eigenvalue weighted by molar-refractivity contribution is 5.99. The number of nitrogen functional groups attached to an aromatic ring is 1. The smallest absolute Gasteiger partial charge is 0.257 e. The predicted octanol–water partition coefficient (Wildman–Crippen LogP) is 3.32. The van der Waals surface area contributed by atoms with Crippen molar-refractivity contribution in [3.63, 3.8) is 0 Å². The number of aromatic nitrogens is 4. The Morgan fingerprint density at radius 2 is 2.00 bits per heavy atom. The average molecular weight is 483 g/mol. The van der Waals surface area contributed by atoms with Crippen LogP contribution in [0.1, 0.15) is 51.1 Å². The van der Waals surface area contributed by atoms with Gasteiger partial charge in [0, 0.05) is 48.1 Å². The summed E-state index contributed by atoms with van der Waals surface area (Å²) in [4.78, 5) is 24.1.